The minimum atomic E-state index is 0. The Labute approximate surface area is 207 Å². The average molecular weight is 492 g/mol. The first kappa shape index (κ1) is 26.7. The number of halogens is 2. The van der Waals surface area contributed by atoms with E-state index in [2.05, 4.69) is 5.32 Å². The maximum atomic E-state index is 6.55. The van der Waals surface area contributed by atoms with Crippen molar-refractivity contribution in [2.75, 3.05) is 27.4 Å². The molecule has 178 valence electrons. The van der Waals surface area contributed by atoms with Crippen LogP contribution in [0.15, 0.2) is 60.7 Å². The minimum Gasteiger partial charge on any atom is -0.493 e. The van der Waals surface area contributed by atoms with Crippen LogP contribution in [0.1, 0.15) is 23.6 Å². The molecule has 0 aliphatic rings. The first-order chi connectivity index (χ1) is 15.6. The molecule has 0 aromatic heterocycles. The molecule has 0 aliphatic heterocycles. The molecule has 0 amide bonds. The normalized spacial score (nSPS) is 10.3. The minimum absolute atomic E-state index is 0. The Bertz CT molecular complexity index is 999. The number of methoxy groups -OCH3 is 2. The molecule has 33 heavy (non-hydrogen) atoms. The summed E-state index contributed by atoms with van der Waals surface area (Å²) >= 11 is 6.55. The smallest absolute Gasteiger partial charge is 0.180 e. The van der Waals surface area contributed by atoms with Crippen molar-refractivity contribution in [3.63, 3.8) is 0 Å². The second-order valence-electron chi connectivity index (χ2n) is 7.23. The lowest BCUT2D eigenvalue weighted by Gasteiger charge is -2.16. The van der Waals surface area contributed by atoms with Crippen molar-refractivity contribution in [2.45, 2.75) is 26.5 Å². The zero-order chi connectivity index (χ0) is 22.8. The number of benzene rings is 3. The van der Waals surface area contributed by atoms with Crippen LogP contribution in [0.3, 0.4) is 0 Å². The van der Waals surface area contributed by atoms with Crippen LogP contribution < -0.4 is 24.3 Å². The van der Waals surface area contributed by atoms with Crippen molar-refractivity contribution < 1.29 is 18.9 Å². The van der Waals surface area contributed by atoms with E-state index in [1.54, 1.807) is 14.2 Å². The zero-order valence-corrected chi connectivity index (χ0v) is 20.8. The number of nitrogens with one attached hydrogen (secondary N) is 1. The van der Waals surface area contributed by atoms with E-state index in [1.165, 1.54) is 5.56 Å². The fourth-order valence-corrected chi connectivity index (χ4v) is 3.65. The summed E-state index contributed by atoms with van der Waals surface area (Å²) in [5.41, 5.74) is 3.29. The van der Waals surface area contributed by atoms with Gasteiger partial charge in [-0.1, -0.05) is 48.0 Å². The van der Waals surface area contributed by atoms with Crippen molar-refractivity contribution in [3.05, 3.63) is 82.4 Å². The van der Waals surface area contributed by atoms with Crippen molar-refractivity contribution in [1.82, 2.24) is 5.32 Å². The molecule has 0 saturated heterocycles. The van der Waals surface area contributed by atoms with Gasteiger partial charge < -0.3 is 24.3 Å². The molecular weight excluding hydrogens is 461 g/mol. The Kier molecular flexibility index (Phi) is 11.2. The molecule has 0 heterocycles. The van der Waals surface area contributed by atoms with Crippen LogP contribution in [0, 0.1) is 0 Å². The average Bonchev–Trinajstić information content (AvgIpc) is 2.82. The molecule has 0 unspecified atom stereocenters. The van der Waals surface area contributed by atoms with Crippen LogP contribution in [-0.2, 0) is 19.6 Å². The Hall–Kier alpha value is -2.60. The fraction of sp³-hybridized carbons (Fsp3) is 0.308. The van der Waals surface area contributed by atoms with Gasteiger partial charge in [-0.2, -0.15) is 0 Å². The topological polar surface area (TPSA) is 49.0 Å². The Morgan fingerprint density at radius 1 is 0.788 bits per heavy atom. The van der Waals surface area contributed by atoms with Crippen molar-refractivity contribution in [1.29, 1.82) is 0 Å². The first-order valence-corrected chi connectivity index (χ1v) is 11.1. The number of hydrogen-bond donors (Lipinski definition) is 1. The summed E-state index contributed by atoms with van der Waals surface area (Å²) in [5, 5.41) is 4.01. The van der Waals surface area contributed by atoms with Gasteiger partial charge in [0.25, 0.3) is 0 Å². The molecular formula is C26H31Cl2NO4. The quantitative estimate of drug-likeness (QED) is 0.310. The van der Waals surface area contributed by atoms with E-state index in [1.807, 2.05) is 67.6 Å². The fourth-order valence-electron chi connectivity index (χ4n) is 3.36. The summed E-state index contributed by atoms with van der Waals surface area (Å²) in [6.45, 7) is 4.40. The predicted molar refractivity (Wildman–Crippen MR) is 136 cm³/mol. The van der Waals surface area contributed by atoms with Crippen LogP contribution in [0.25, 0.3) is 0 Å². The van der Waals surface area contributed by atoms with Crippen molar-refractivity contribution in [3.8, 4) is 23.0 Å². The molecule has 7 heteroatoms. The molecule has 0 spiro atoms. The summed E-state index contributed by atoms with van der Waals surface area (Å²) in [5.74, 6) is 2.71. The molecule has 1 N–H and O–H groups in total. The molecule has 0 atom stereocenters. The van der Waals surface area contributed by atoms with Gasteiger partial charge in [-0.05, 0) is 60.8 Å². The lowest BCUT2D eigenvalue weighted by Crippen LogP contribution is -2.17. The lowest BCUT2D eigenvalue weighted by molar-refractivity contribution is 0.269. The standard InChI is InChI=1S/C26H30ClNO4.ClH/c1-4-31-25-16-21(14-22(27)26(25)32-18-20-8-6-5-7-9-20)17-28-13-12-19-10-11-23(29-2)24(15-19)30-3;/h5-11,14-16,28H,4,12-13,17-18H2,1-3H3;1H. The second-order valence-corrected chi connectivity index (χ2v) is 7.64. The van der Waals surface area contributed by atoms with Crippen LogP contribution in [0.4, 0.5) is 0 Å². The van der Waals surface area contributed by atoms with Gasteiger partial charge in [0.1, 0.15) is 6.61 Å². The molecule has 0 bridgehead atoms. The summed E-state index contributed by atoms with van der Waals surface area (Å²) in [4.78, 5) is 0. The Morgan fingerprint density at radius 3 is 2.21 bits per heavy atom. The van der Waals surface area contributed by atoms with E-state index < -0.39 is 0 Å². The van der Waals surface area contributed by atoms with Crippen LogP contribution in [-0.4, -0.2) is 27.4 Å². The molecule has 3 aromatic carbocycles. The summed E-state index contributed by atoms with van der Waals surface area (Å²) in [6, 6.07) is 19.9. The highest BCUT2D eigenvalue weighted by atomic mass is 35.5. The van der Waals surface area contributed by atoms with Gasteiger partial charge in [-0.15, -0.1) is 12.4 Å². The predicted octanol–water partition coefficient (Wildman–Crippen LogP) is 6.09. The highest BCUT2D eigenvalue weighted by Gasteiger charge is 2.13. The van der Waals surface area contributed by atoms with Crippen LogP contribution in [0.2, 0.25) is 5.02 Å². The summed E-state index contributed by atoms with van der Waals surface area (Å²) < 4.78 is 22.5. The number of hydrogen-bond acceptors (Lipinski definition) is 5. The van der Waals surface area contributed by atoms with Crippen molar-refractivity contribution >= 4 is 24.0 Å². The molecule has 0 fully saturated rings. The van der Waals surface area contributed by atoms with Gasteiger partial charge in [-0.3, -0.25) is 0 Å². The highest BCUT2D eigenvalue weighted by Crippen LogP contribution is 2.37. The summed E-state index contributed by atoms with van der Waals surface area (Å²) in [6.07, 6.45) is 0.866. The molecule has 3 rings (SSSR count). The Morgan fingerprint density at radius 2 is 1.52 bits per heavy atom. The van der Waals surface area contributed by atoms with Crippen LogP contribution in [0.5, 0.6) is 23.0 Å². The van der Waals surface area contributed by atoms with E-state index >= 15 is 0 Å². The number of ether oxygens (including phenoxy) is 4. The van der Waals surface area contributed by atoms with Gasteiger partial charge in [0.15, 0.2) is 23.0 Å². The monoisotopic (exact) mass is 491 g/mol. The Balaban J connectivity index is 0.00000385. The van der Waals surface area contributed by atoms with E-state index in [4.69, 9.17) is 30.5 Å². The summed E-state index contributed by atoms with van der Waals surface area (Å²) in [7, 11) is 3.28. The molecule has 0 radical (unpaired) electrons. The molecule has 0 saturated carbocycles. The number of rotatable bonds is 12. The van der Waals surface area contributed by atoms with Gasteiger partial charge in [0, 0.05) is 6.54 Å². The van der Waals surface area contributed by atoms with Gasteiger partial charge in [0.05, 0.1) is 25.8 Å². The van der Waals surface area contributed by atoms with E-state index in [9.17, 15) is 0 Å². The maximum absolute atomic E-state index is 6.55. The third-order valence-corrected chi connectivity index (χ3v) is 5.24. The van der Waals surface area contributed by atoms with Gasteiger partial charge >= 0.3 is 0 Å². The molecule has 0 aliphatic carbocycles. The largest absolute Gasteiger partial charge is 0.493 e. The van der Waals surface area contributed by atoms with Crippen LogP contribution >= 0.6 is 24.0 Å². The van der Waals surface area contributed by atoms with Crippen molar-refractivity contribution in [2.24, 2.45) is 0 Å². The lowest BCUT2D eigenvalue weighted by atomic mass is 10.1. The maximum Gasteiger partial charge on any atom is 0.180 e. The SMILES string of the molecule is CCOc1cc(CNCCc2ccc(OC)c(OC)c2)cc(Cl)c1OCc1ccccc1.Cl. The van der Waals surface area contributed by atoms with E-state index in [0.717, 1.165) is 35.6 Å². The van der Waals surface area contributed by atoms with E-state index in [-0.39, 0.29) is 12.4 Å². The molecule has 3 aromatic rings. The third-order valence-electron chi connectivity index (χ3n) is 4.96. The van der Waals surface area contributed by atoms with E-state index in [0.29, 0.717) is 36.3 Å². The third kappa shape index (κ3) is 7.74. The first-order valence-electron chi connectivity index (χ1n) is 10.7. The van der Waals surface area contributed by atoms with Gasteiger partial charge in [-0.25, -0.2) is 0 Å². The van der Waals surface area contributed by atoms with Gasteiger partial charge in [0.2, 0.25) is 0 Å². The second kappa shape index (κ2) is 13.8. The zero-order valence-electron chi connectivity index (χ0n) is 19.2. The molecule has 5 nitrogen and oxygen atoms in total. The highest BCUT2D eigenvalue weighted by molar-refractivity contribution is 6.32.